The van der Waals surface area contributed by atoms with E-state index in [0.717, 1.165) is 4.90 Å². The summed E-state index contributed by atoms with van der Waals surface area (Å²) in [4.78, 5) is 38.6. The fraction of sp³-hybridized carbons (Fsp3) is 0.115. The lowest BCUT2D eigenvalue weighted by molar-refractivity contribution is -0.122. The number of carbonyl (C=O) groups is 3. The van der Waals surface area contributed by atoms with Crippen LogP contribution < -0.4 is 19.7 Å². The Labute approximate surface area is 195 Å². The number of benzene rings is 3. The molecule has 0 aromatic heterocycles. The van der Waals surface area contributed by atoms with Crippen molar-refractivity contribution < 1.29 is 28.2 Å². The smallest absolute Gasteiger partial charge is 0.335 e. The minimum absolute atomic E-state index is 0.0627. The van der Waals surface area contributed by atoms with E-state index >= 15 is 0 Å². The zero-order valence-electron chi connectivity index (χ0n) is 18.3. The highest BCUT2D eigenvalue weighted by molar-refractivity contribution is 6.39. The van der Waals surface area contributed by atoms with E-state index in [1.165, 1.54) is 12.1 Å². The zero-order chi connectivity index (χ0) is 24.1. The second kappa shape index (κ2) is 9.99. The van der Waals surface area contributed by atoms with E-state index in [4.69, 9.17) is 9.47 Å². The second-order valence-electron chi connectivity index (χ2n) is 7.33. The minimum Gasteiger partial charge on any atom is -0.494 e. The van der Waals surface area contributed by atoms with Crippen LogP contribution in [0, 0.1) is 5.82 Å². The summed E-state index contributed by atoms with van der Waals surface area (Å²) in [6.45, 7) is 2.39. The molecule has 8 heteroatoms. The van der Waals surface area contributed by atoms with Gasteiger partial charge in [-0.05, 0) is 61.0 Å². The summed E-state index contributed by atoms with van der Waals surface area (Å²) in [6.07, 6.45) is 1.40. The molecule has 0 aliphatic carbocycles. The Hall–Kier alpha value is -4.46. The molecule has 34 heavy (non-hydrogen) atoms. The molecular formula is C26H21FN2O5. The third-order valence-corrected chi connectivity index (χ3v) is 5.05. The van der Waals surface area contributed by atoms with Gasteiger partial charge in [-0.2, -0.15) is 0 Å². The lowest BCUT2D eigenvalue weighted by Crippen LogP contribution is -2.54. The first-order valence-electron chi connectivity index (χ1n) is 10.6. The van der Waals surface area contributed by atoms with Crippen LogP contribution in [0.2, 0.25) is 0 Å². The van der Waals surface area contributed by atoms with Gasteiger partial charge >= 0.3 is 6.03 Å². The summed E-state index contributed by atoms with van der Waals surface area (Å²) in [6, 6.07) is 18.5. The Morgan fingerprint density at radius 2 is 1.53 bits per heavy atom. The van der Waals surface area contributed by atoms with Crippen molar-refractivity contribution >= 4 is 29.6 Å². The Bertz CT molecular complexity index is 1250. The highest BCUT2D eigenvalue weighted by Gasteiger charge is 2.36. The van der Waals surface area contributed by atoms with Crippen LogP contribution in [0.5, 0.6) is 11.5 Å². The van der Waals surface area contributed by atoms with Crippen LogP contribution in [-0.2, 0) is 16.2 Å². The van der Waals surface area contributed by atoms with Crippen LogP contribution in [0.4, 0.5) is 14.9 Å². The van der Waals surface area contributed by atoms with Crippen LogP contribution in [0.3, 0.4) is 0 Å². The maximum Gasteiger partial charge on any atom is 0.335 e. The molecular weight excluding hydrogens is 439 g/mol. The normalized spacial score (nSPS) is 14.8. The molecule has 1 heterocycles. The number of nitrogens with zero attached hydrogens (tertiary/aromatic N) is 1. The predicted octanol–water partition coefficient (Wildman–Crippen LogP) is 4.47. The first kappa shape index (κ1) is 22.7. The third kappa shape index (κ3) is 4.96. The molecule has 0 atom stereocenters. The molecule has 1 aliphatic rings. The SMILES string of the molecule is CCOc1ccc(N2C(=O)NC(=O)C(=Cc3ccc(OCc4ccccc4F)cc3)C2=O)cc1. The number of hydrogen-bond acceptors (Lipinski definition) is 5. The van der Waals surface area contributed by atoms with Crippen LogP contribution in [-0.4, -0.2) is 24.5 Å². The summed E-state index contributed by atoms with van der Waals surface area (Å²) < 4.78 is 24.7. The molecule has 7 nitrogen and oxygen atoms in total. The Morgan fingerprint density at radius 3 is 2.21 bits per heavy atom. The summed E-state index contributed by atoms with van der Waals surface area (Å²) in [5, 5.41) is 2.19. The molecule has 0 unspecified atom stereocenters. The van der Waals surface area contributed by atoms with Crippen molar-refractivity contribution in [1.82, 2.24) is 5.32 Å². The van der Waals surface area contributed by atoms with Crippen molar-refractivity contribution in [2.75, 3.05) is 11.5 Å². The molecule has 1 saturated heterocycles. The number of urea groups is 1. The van der Waals surface area contributed by atoms with Gasteiger partial charge in [-0.1, -0.05) is 30.3 Å². The number of rotatable bonds is 7. The van der Waals surface area contributed by atoms with Gasteiger partial charge in [0.25, 0.3) is 11.8 Å². The molecule has 4 rings (SSSR count). The monoisotopic (exact) mass is 460 g/mol. The van der Waals surface area contributed by atoms with Crippen molar-refractivity contribution in [3.8, 4) is 11.5 Å². The molecule has 3 aromatic carbocycles. The largest absolute Gasteiger partial charge is 0.494 e. The predicted molar refractivity (Wildman–Crippen MR) is 124 cm³/mol. The summed E-state index contributed by atoms with van der Waals surface area (Å²) in [7, 11) is 0. The van der Waals surface area contributed by atoms with Crippen LogP contribution in [0.15, 0.2) is 78.4 Å². The van der Waals surface area contributed by atoms with Crippen molar-refractivity contribution in [2.45, 2.75) is 13.5 Å². The number of amides is 4. The lowest BCUT2D eigenvalue weighted by atomic mass is 10.1. The van der Waals surface area contributed by atoms with E-state index in [-0.39, 0.29) is 18.0 Å². The average Bonchev–Trinajstić information content (AvgIpc) is 2.83. The molecule has 4 amide bonds. The van der Waals surface area contributed by atoms with Crippen molar-refractivity contribution in [3.05, 3.63) is 95.3 Å². The fourth-order valence-corrected chi connectivity index (χ4v) is 3.35. The van der Waals surface area contributed by atoms with Crippen molar-refractivity contribution in [2.24, 2.45) is 0 Å². The first-order valence-corrected chi connectivity index (χ1v) is 10.6. The fourth-order valence-electron chi connectivity index (χ4n) is 3.35. The van der Waals surface area contributed by atoms with Crippen LogP contribution >= 0.6 is 0 Å². The Balaban J connectivity index is 1.50. The lowest BCUT2D eigenvalue weighted by Gasteiger charge is -2.26. The zero-order valence-corrected chi connectivity index (χ0v) is 18.3. The number of anilines is 1. The van der Waals surface area contributed by atoms with E-state index < -0.39 is 17.8 Å². The summed E-state index contributed by atoms with van der Waals surface area (Å²) in [5.41, 5.74) is 1.10. The topological polar surface area (TPSA) is 84.9 Å². The van der Waals surface area contributed by atoms with E-state index in [1.54, 1.807) is 66.7 Å². The van der Waals surface area contributed by atoms with Gasteiger partial charge in [-0.25, -0.2) is 14.1 Å². The molecule has 3 aromatic rings. The van der Waals surface area contributed by atoms with Gasteiger partial charge in [0.2, 0.25) is 0 Å². The molecule has 0 bridgehead atoms. The van der Waals surface area contributed by atoms with Gasteiger partial charge in [0.05, 0.1) is 12.3 Å². The van der Waals surface area contributed by atoms with Gasteiger partial charge in [-0.15, -0.1) is 0 Å². The van der Waals surface area contributed by atoms with Crippen LogP contribution in [0.25, 0.3) is 6.08 Å². The quantitative estimate of drug-likeness (QED) is 0.415. The van der Waals surface area contributed by atoms with Crippen LogP contribution in [0.1, 0.15) is 18.1 Å². The van der Waals surface area contributed by atoms with Crippen molar-refractivity contribution in [1.29, 1.82) is 0 Å². The van der Waals surface area contributed by atoms with E-state index in [2.05, 4.69) is 5.32 Å². The molecule has 1 N–H and O–H groups in total. The molecule has 0 radical (unpaired) electrons. The molecule has 0 spiro atoms. The average molecular weight is 460 g/mol. The van der Waals surface area contributed by atoms with Gasteiger partial charge in [0, 0.05) is 5.56 Å². The maximum atomic E-state index is 13.7. The molecule has 1 fully saturated rings. The highest BCUT2D eigenvalue weighted by atomic mass is 19.1. The number of barbiturate groups is 1. The van der Waals surface area contributed by atoms with Crippen molar-refractivity contribution in [3.63, 3.8) is 0 Å². The number of imide groups is 2. The third-order valence-electron chi connectivity index (χ3n) is 5.05. The summed E-state index contributed by atoms with van der Waals surface area (Å²) >= 11 is 0. The Morgan fingerprint density at radius 1 is 0.882 bits per heavy atom. The van der Waals surface area contributed by atoms with Gasteiger partial charge < -0.3 is 9.47 Å². The summed E-state index contributed by atoms with van der Waals surface area (Å²) in [5.74, 6) is -0.775. The molecule has 0 saturated carbocycles. The number of ether oxygens (including phenoxy) is 2. The van der Waals surface area contributed by atoms with E-state index in [1.807, 2.05) is 6.92 Å². The van der Waals surface area contributed by atoms with Gasteiger partial charge in [0.1, 0.15) is 29.5 Å². The van der Waals surface area contributed by atoms with E-state index in [9.17, 15) is 18.8 Å². The standard InChI is InChI=1S/C26H21FN2O5/c1-2-33-20-13-9-19(10-14-20)29-25(31)22(24(30)28-26(29)32)15-17-7-11-21(12-8-17)34-16-18-5-3-4-6-23(18)27/h3-15H,2,16H2,1H3,(H,28,30,32). The number of halogens is 1. The minimum atomic E-state index is -0.826. The number of carbonyl (C=O) groups excluding carboxylic acids is 3. The van der Waals surface area contributed by atoms with E-state index in [0.29, 0.717) is 34.9 Å². The van der Waals surface area contributed by atoms with Gasteiger partial charge in [0.15, 0.2) is 0 Å². The number of hydrogen-bond donors (Lipinski definition) is 1. The molecule has 172 valence electrons. The highest BCUT2D eigenvalue weighted by Crippen LogP contribution is 2.25. The number of nitrogens with one attached hydrogen (secondary N) is 1. The molecule has 1 aliphatic heterocycles. The maximum absolute atomic E-state index is 13.7. The van der Waals surface area contributed by atoms with Gasteiger partial charge in [-0.3, -0.25) is 14.9 Å². The first-order chi connectivity index (χ1) is 16.5. The Kier molecular flexibility index (Phi) is 6.68. The second-order valence-corrected chi connectivity index (χ2v) is 7.33.